The highest BCUT2D eigenvalue weighted by Crippen LogP contribution is 2.50. The third-order valence-electron chi connectivity index (χ3n) is 7.09. The molecule has 1 aromatic carbocycles. The maximum absolute atomic E-state index is 12.9. The molecule has 0 spiro atoms. The number of aromatic amines is 1. The van der Waals surface area contributed by atoms with Gasteiger partial charge in [-0.1, -0.05) is 31.5 Å². The minimum absolute atomic E-state index is 0.0891. The van der Waals surface area contributed by atoms with E-state index in [-0.39, 0.29) is 12.0 Å². The molecule has 0 radical (unpaired) electrons. The number of amides is 2. The van der Waals surface area contributed by atoms with Crippen LogP contribution in [0.2, 0.25) is 0 Å². The number of esters is 1. The average molecular weight is 478 g/mol. The van der Waals surface area contributed by atoms with Crippen LogP contribution in [0.3, 0.4) is 0 Å². The van der Waals surface area contributed by atoms with Crippen molar-refractivity contribution < 1.29 is 29.6 Å². The van der Waals surface area contributed by atoms with Crippen LogP contribution < -0.4 is 16.8 Å². The highest BCUT2D eigenvalue weighted by Gasteiger charge is 2.76. The summed E-state index contributed by atoms with van der Waals surface area (Å²) in [6.45, 7) is 2.40. The molecule has 1 aromatic heterocycles. The van der Waals surface area contributed by atoms with Crippen LogP contribution in [-0.2, 0) is 4.74 Å². The highest BCUT2D eigenvalue weighted by atomic mass is 16.5. The van der Waals surface area contributed by atoms with E-state index < -0.39 is 53.5 Å². The minimum atomic E-state index is -2.28. The number of H-pyrrole nitrogens is 1. The Hall–Kier alpha value is -2.70. The summed E-state index contributed by atoms with van der Waals surface area (Å²) in [5, 5.41) is 37.8. The van der Waals surface area contributed by atoms with Crippen LogP contribution in [0, 0.1) is 0 Å². The van der Waals surface area contributed by atoms with E-state index in [4.69, 9.17) is 16.2 Å². The number of urea groups is 1. The maximum atomic E-state index is 12.9. The lowest BCUT2D eigenvalue weighted by Gasteiger charge is -2.50. The Morgan fingerprint density at radius 2 is 1.88 bits per heavy atom. The number of carbonyl (C=O) groups is 2. The van der Waals surface area contributed by atoms with Gasteiger partial charge in [-0.25, -0.2) is 9.59 Å². The predicted molar refractivity (Wildman–Crippen MR) is 126 cm³/mol. The summed E-state index contributed by atoms with van der Waals surface area (Å²) in [5.74, 6) is -0.739. The van der Waals surface area contributed by atoms with Gasteiger partial charge in [0.25, 0.3) is 0 Å². The van der Waals surface area contributed by atoms with Gasteiger partial charge in [0.1, 0.15) is 23.3 Å². The van der Waals surface area contributed by atoms with Gasteiger partial charge in [0.05, 0.1) is 23.8 Å². The number of ether oxygens (including phenoxy) is 1. The molecule has 34 heavy (non-hydrogen) atoms. The molecule has 2 amide bonds. The van der Waals surface area contributed by atoms with Gasteiger partial charge in [-0.05, 0) is 19.4 Å². The largest absolute Gasteiger partial charge is 0.459 e. The Morgan fingerprint density at radius 3 is 2.47 bits per heavy atom. The number of nitrogens with two attached hydrogens (primary N) is 2. The third-order valence-corrected chi connectivity index (χ3v) is 7.09. The maximum Gasteiger partial charge on any atom is 0.340 e. The number of para-hydroxylation sites is 1. The molecule has 1 saturated carbocycles. The number of hydrogen-bond acceptors (Lipinski definition) is 8. The van der Waals surface area contributed by atoms with Gasteiger partial charge in [0, 0.05) is 31.2 Å². The standard InChI is InChI=1S/C23H35N5O6/c1-5-10-22(33)21(32,12-34-19(30)15-11-26-16-9-7-6-8-14(15)16)17(24)18(25)23(22,13(2)29)27-20(31)28(3)4/h6-9,11,13,17-18,26,29,32-33H,5,10,12,24-25H2,1-4H3,(H,27,31)/t13-,17-,18-,21+,22-,23-/m0/s1. The molecule has 1 heterocycles. The van der Waals surface area contributed by atoms with E-state index in [2.05, 4.69) is 10.3 Å². The number of nitrogens with zero attached hydrogens (tertiary/aromatic N) is 1. The lowest BCUT2D eigenvalue weighted by atomic mass is 9.69. The highest BCUT2D eigenvalue weighted by molar-refractivity contribution is 6.04. The molecule has 2 aromatic rings. The topological polar surface area (TPSA) is 187 Å². The molecule has 0 bridgehead atoms. The summed E-state index contributed by atoms with van der Waals surface area (Å²) >= 11 is 0. The van der Waals surface area contributed by atoms with E-state index in [9.17, 15) is 24.9 Å². The van der Waals surface area contributed by atoms with Gasteiger partial charge in [-0.3, -0.25) is 0 Å². The van der Waals surface area contributed by atoms with E-state index in [0.29, 0.717) is 11.8 Å². The summed E-state index contributed by atoms with van der Waals surface area (Å²) in [6.07, 6.45) is 0.342. The number of aliphatic hydroxyl groups excluding tert-OH is 1. The summed E-state index contributed by atoms with van der Waals surface area (Å²) in [4.78, 5) is 29.7. The summed E-state index contributed by atoms with van der Waals surface area (Å²) in [7, 11) is 2.97. The predicted octanol–water partition coefficient (Wildman–Crippen LogP) is -0.354. The molecule has 1 aliphatic rings. The smallest absolute Gasteiger partial charge is 0.340 e. The van der Waals surface area contributed by atoms with Crippen molar-refractivity contribution in [1.82, 2.24) is 15.2 Å². The van der Waals surface area contributed by atoms with E-state index in [1.807, 2.05) is 6.07 Å². The molecule has 188 valence electrons. The fourth-order valence-corrected chi connectivity index (χ4v) is 5.19. The lowest BCUT2D eigenvalue weighted by Crippen LogP contribution is -2.77. The first kappa shape index (κ1) is 25.9. The SMILES string of the molecule is CCC[C@@]1(O)[C@](NC(=O)N(C)C)([C@H](C)O)[C@@H](N)[C@H](N)[C@]1(O)COC(=O)c1c[nH]c2ccccc12. The van der Waals surface area contributed by atoms with Crippen LogP contribution in [-0.4, -0.2) is 92.8 Å². The van der Waals surface area contributed by atoms with Crippen molar-refractivity contribution >= 4 is 22.9 Å². The normalized spacial score (nSPS) is 31.9. The van der Waals surface area contributed by atoms with Gasteiger partial charge in [0.2, 0.25) is 0 Å². The molecule has 11 heteroatoms. The molecule has 0 saturated heterocycles. The second kappa shape index (κ2) is 9.16. The fourth-order valence-electron chi connectivity index (χ4n) is 5.19. The van der Waals surface area contributed by atoms with Crippen LogP contribution in [0.15, 0.2) is 30.5 Å². The fraction of sp³-hybridized carbons (Fsp3) is 0.565. The molecule has 0 aliphatic heterocycles. The lowest BCUT2D eigenvalue weighted by molar-refractivity contribution is -0.200. The van der Waals surface area contributed by atoms with Crippen molar-refractivity contribution in [1.29, 1.82) is 0 Å². The number of aliphatic hydroxyl groups is 3. The summed E-state index contributed by atoms with van der Waals surface area (Å²) < 4.78 is 5.46. The first-order valence-electron chi connectivity index (χ1n) is 11.2. The van der Waals surface area contributed by atoms with Crippen LogP contribution in [0.5, 0.6) is 0 Å². The number of nitrogens with one attached hydrogen (secondary N) is 2. The number of aromatic nitrogens is 1. The molecular weight excluding hydrogens is 442 g/mol. The monoisotopic (exact) mass is 477 g/mol. The molecule has 1 aliphatic carbocycles. The summed E-state index contributed by atoms with van der Waals surface area (Å²) in [5.41, 5.74) is 7.24. The molecule has 0 unspecified atom stereocenters. The first-order valence-corrected chi connectivity index (χ1v) is 11.2. The van der Waals surface area contributed by atoms with Gasteiger partial charge >= 0.3 is 12.0 Å². The number of benzene rings is 1. The van der Waals surface area contributed by atoms with Crippen LogP contribution in [0.25, 0.3) is 10.9 Å². The molecular formula is C23H35N5O6. The Balaban J connectivity index is 2.00. The van der Waals surface area contributed by atoms with Gasteiger partial charge in [-0.15, -0.1) is 0 Å². The van der Waals surface area contributed by atoms with Gasteiger partial charge in [0.15, 0.2) is 0 Å². The van der Waals surface area contributed by atoms with Gasteiger partial charge in [-0.2, -0.15) is 0 Å². The number of fused-ring (bicyclic) bond motifs is 1. The van der Waals surface area contributed by atoms with E-state index in [1.54, 1.807) is 25.1 Å². The van der Waals surface area contributed by atoms with Crippen molar-refractivity contribution in [3.05, 3.63) is 36.0 Å². The zero-order chi connectivity index (χ0) is 25.5. The Morgan fingerprint density at radius 1 is 1.24 bits per heavy atom. The van der Waals surface area contributed by atoms with Crippen molar-refractivity contribution in [3.63, 3.8) is 0 Å². The molecule has 3 rings (SSSR count). The average Bonchev–Trinajstić information content (AvgIpc) is 3.27. The van der Waals surface area contributed by atoms with Crippen molar-refractivity contribution in [2.24, 2.45) is 11.5 Å². The second-order valence-corrected chi connectivity index (χ2v) is 9.28. The minimum Gasteiger partial charge on any atom is -0.459 e. The van der Waals surface area contributed by atoms with Crippen molar-refractivity contribution in [2.75, 3.05) is 20.7 Å². The Kier molecular flexibility index (Phi) is 6.98. The van der Waals surface area contributed by atoms with Gasteiger partial charge < -0.3 is 46.7 Å². The van der Waals surface area contributed by atoms with Crippen molar-refractivity contribution in [2.45, 2.75) is 61.6 Å². The summed E-state index contributed by atoms with van der Waals surface area (Å²) in [6, 6.07) is 3.88. The van der Waals surface area contributed by atoms with Crippen LogP contribution >= 0.6 is 0 Å². The molecule has 1 fully saturated rings. The Bertz CT molecular complexity index is 1060. The molecule has 6 atom stereocenters. The second-order valence-electron chi connectivity index (χ2n) is 9.28. The zero-order valence-electron chi connectivity index (χ0n) is 19.9. The van der Waals surface area contributed by atoms with Crippen LogP contribution in [0.4, 0.5) is 4.79 Å². The van der Waals surface area contributed by atoms with Crippen molar-refractivity contribution in [3.8, 4) is 0 Å². The molecule has 9 N–H and O–H groups in total. The quantitative estimate of drug-likeness (QED) is 0.263. The number of hydrogen-bond donors (Lipinski definition) is 7. The third kappa shape index (κ3) is 3.64. The van der Waals surface area contributed by atoms with Crippen LogP contribution in [0.1, 0.15) is 37.0 Å². The first-order chi connectivity index (χ1) is 15.9. The van der Waals surface area contributed by atoms with E-state index >= 15 is 0 Å². The van der Waals surface area contributed by atoms with E-state index in [1.165, 1.54) is 32.1 Å². The zero-order valence-corrected chi connectivity index (χ0v) is 19.9. The number of rotatable bonds is 7. The van der Waals surface area contributed by atoms with E-state index in [0.717, 1.165) is 5.52 Å². The number of carbonyl (C=O) groups excluding carboxylic acids is 2. The Labute approximate surface area is 198 Å². The molecule has 11 nitrogen and oxygen atoms in total.